The van der Waals surface area contributed by atoms with Crippen molar-refractivity contribution in [2.45, 2.75) is 13.0 Å². The summed E-state index contributed by atoms with van der Waals surface area (Å²) in [5.41, 5.74) is 6.06. The van der Waals surface area contributed by atoms with Crippen molar-refractivity contribution in [1.29, 1.82) is 0 Å². The monoisotopic (exact) mass is 217 g/mol. The predicted molar refractivity (Wildman–Crippen MR) is 46.7 cm³/mol. The van der Waals surface area contributed by atoms with Crippen LogP contribution in [0.2, 0.25) is 0 Å². The van der Waals surface area contributed by atoms with Gasteiger partial charge >= 0.3 is 0 Å². The van der Waals surface area contributed by atoms with Crippen molar-refractivity contribution in [2.24, 2.45) is 5.73 Å². The van der Waals surface area contributed by atoms with Gasteiger partial charge in [-0.3, -0.25) is 0 Å². The molecule has 3 heteroatoms. The van der Waals surface area contributed by atoms with Gasteiger partial charge in [0, 0.05) is 11.6 Å². The lowest BCUT2D eigenvalue weighted by Crippen LogP contribution is -2.07. The zero-order valence-corrected chi connectivity index (χ0v) is 7.73. The van der Waals surface area contributed by atoms with E-state index in [9.17, 15) is 4.39 Å². The van der Waals surface area contributed by atoms with Crippen LogP contribution in [-0.2, 0) is 0 Å². The first-order valence-electron chi connectivity index (χ1n) is 3.32. The number of hydrogen-bond donors (Lipinski definition) is 1. The van der Waals surface area contributed by atoms with E-state index in [4.69, 9.17) is 5.73 Å². The lowest BCUT2D eigenvalue weighted by Gasteiger charge is -2.06. The molecule has 0 saturated heterocycles. The molecule has 0 aliphatic heterocycles. The molecule has 11 heavy (non-hydrogen) atoms. The molecule has 0 spiro atoms. The van der Waals surface area contributed by atoms with Gasteiger partial charge in [-0.25, -0.2) is 4.39 Å². The minimum absolute atomic E-state index is 0.257. The van der Waals surface area contributed by atoms with E-state index in [0.29, 0.717) is 10.0 Å². The van der Waals surface area contributed by atoms with Crippen LogP contribution >= 0.6 is 15.9 Å². The number of nitrogens with two attached hydrogens (primary N) is 1. The maximum atomic E-state index is 13.1. The van der Waals surface area contributed by atoms with Crippen LogP contribution in [0.15, 0.2) is 22.7 Å². The third-order valence-corrected chi connectivity index (χ3v) is 2.08. The Morgan fingerprint density at radius 3 is 2.64 bits per heavy atom. The van der Waals surface area contributed by atoms with E-state index < -0.39 is 0 Å². The molecule has 0 radical (unpaired) electrons. The fourth-order valence-electron chi connectivity index (χ4n) is 0.872. The third kappa shape index (κ3) is 1.79. The second-order valence-corrected chi connectivity index (χ2v) is 3.29. The molecule has 0 heterocycles. The highest BCUT2D eigenvalue weighted by molar-refractivity contribution is 9.10. The number of hydrogen-bond acceptors (Lipinski definition) is 1. The molecule has 0 unspecified atom stereocenters. The molecule has 1 nitrogen and oxygen atoms in total. The highest BCUT2D eigenvalue weighted by Crippen LogP contribution is 2.21. The van der Waals surface area contributed by atoms with Gasteiger partial charge in [0.1, 0.15) is 5.82 Å². The van der Waals surface area contributed by atoms with Gasteiger partial charge < -0.3 is 5.73 Å². The van der Waals surface area contributed by atoms with Gasteiger partial charge in [-0.2, -0.15) is 0 Å². The minimum Gasteiger partial charge on any atom is -0.324 e. The molecule has 0 bridgehead atoms. The summed E-state index contributed by atoms with van der Waals surface area (Å²) in [6.07, 6.45) is 0. The van der Waals surface area contributed by atoms with Crippen LogP contribution < -0.4 is 5.73 Å². The fraction of sp³-hybridized carbons (Fsp3) is 0.250. The fourth-order valence-corrected chi connectivity index (χ4v) is 1.25. The van der Waals surface area contributed by atoms with E-state index in [1.807, 2.05) is 0 Å². The standard InChI is InChI=1S/C8H9BrFN/c1-5(11)6-3-2-4-7(9)8(6)10/h2-5H,11H2,1H3/t5-/m1/s1. The number of halogens is 2. The Hall–Kier alpha value is -0.410. The first-order chi connectivity index (χ1) is 5.13. The quantitative estimate of drug-likeness (QED) is 0.770. The van der Waals surface area contributed by atoms with Crippen molar-refractivity contribution in [1.82, 2.24) is 0 Å². The van der Waals surface area contributed by atoms with Crippen LogP contribution in [0, 0.1) is 5.82 Å². The van der Waals surface area contributed by atoms with E-state index in [2.05, 4.69) is 15.9 Å². The Morgan fingerprint density at radius 2 is 2.18 bits per heavy atom. The summed E-state index contributed by atoms with van der Waals surface area (Å²) in [6, 6.07) is 4.85. The summed E-state index contributed by atoms with van der Waals surface area (Å²) >= 11 is 3.08. The molecule has 1 aromatic rings. The lowest BCUT2D eigenvalue weighted by atomic mass is 10.1. The molecule has 60 valence electrons. The van der Waals surface area contributed by atoms with Crippen LogP contribution in [0.5, 0.6) is 0 Å². The molecule has 0 aromatic heterocycles. The van der Waals surface area contributed by atoms with Crippen molar-refractivity contribution in [3.05, 3.63) is 34.1 Å². The van der Waals surface area contributed by atoms with Crippen molar-refractivity contribution >= 4 is 15.9 Å². The Bertz CT molecular complexity index is 260. The van der Waals surface area contributed by atoms with Crippen molar-refractivity contribution in [2.75, 3.05) is 0 Å². The second kappa shape index (κ2) is 3.32. The van der Waals surface area contributed by atoms with Crippen LogP contribution in [-0.4, -0.2) is 0 Å². The maximum Gasteiger partial charge on any atom is 0.142 e. The van der Waals surface area contributed by atoms with Crippen LogP contribution in [0.1, 0.15) is 18.5 Å². The van der Waals surface area contributed by atoms with Gasteiger partial charge in [0.15, 0.2) is 0 Å². The smallest absolute Gasteiger partial charge is 0.142 e. The molecular formula is C8H9BrFN. The lowest BCUT2D eigenvalue weighted by molar-refractivity contribution is 0.587. The maximum absolute atomic E-state index is 13.1. The van der Waals surface area contributed by atoms with Crippen molar-refractivity contribution in [3.8, 4) is 0 Å². The molecule has 0 saturated carbocycles. The predicted octanol–water partition coefficient (Wildman–Crippen LogP) is 2.61. The van der Waals surface area contributed by atoms with Crippen LogP contribution in [0.4, 0.5) is 4.39 Å². The van der Waals surface area contributed by atoms with E-state index in [0.717, 1.165) is 0 Å². The average molecular weight is 218 g/mol. The molecular weight excluding hydrogens is 209 g/mol. The molecule has 0 amide bonds. The van der Waals surface area contributed by atoms with Gasteiger partial charge in [0.25, 0.3) is 0 Å². The number of rotatable bonds is 1. The first kappa shape index (κ1) is 8.68. The van der Waals surface area contributed by atoms with Gasteiger partial charge in [0.05, 0.1) is 4.47 Å². The van der Waals surface area contributed by atoms with Gasteiger partial charge in [-0.1, -0.05) is 12.1 Å². The summed E-state index contributed by atoms with van der Waals surface area (Å²) in [5.74, 6) is -0.262. The molecule has 0 fully saturated rings. The SMILES string of the molecule is C[C@@H](N)c1cccc(Br)c1F. The minimum atomic E-state index is -0.262. The first-order valence-corrected chi connectivity index (χ1v) is 4.11. The summed E-state index contributed by atoms with van der Waals surface area (Å²) in [7, 11) is 0. The topological polar surface area (TPSA) is 26.0 Å². The molecule has 0 aliphatic carbocycles. The van der Waals surface area contributed by atoms with Gasteiger partial charge in [0.2, 0.25) is 0 Å². The van der Waals surface area contributed by atoms with Crippen molar-refractivity contribution < 1.29 is 4.39 Å². The van der Waals surface area contributed by atoms with E-state index >= 15 is 0 Å². The zero-order valence-electron chi connectivity index (χ0n) is 6.14. The Balaban J connectivity index is 3.17. The van der Waals surface area contributed by atoms with Gasteiger partial charge in [-0.15, -0.1) is 0 Å². The summed E-state index contributed by atoms with van der Waals surface area (Å²) < 4.78 is 13.6. The summed E-state index contributed by atoms with van der Waals surface area (Å²) in [5, 5.41) is 0. The Kier molecular flexibility index (Phi) is 2.62. The molecule has 1 aromatic carbocycles. The second-order valence-electron chi connectivity index (χ2n) is 2.43. The van der Waals surface area contributed by atoms with Crippen LogP contribution in [0.25, 0.3) is 0 Å². The Morgan fingerprint density at radius 1 is 1.55 bits per heavy atom. The summed E-state index contributed by atoms with van der Waals surface area (Å²) in [4.78, 5) is 0. The highest BCUT2D eigenvalue weighted by Gasteiger charge is 2.08. The molecule has 1 atom stereocenters. The summed E-state index contributed by atoms with van der Waals surface area (Å²) in [6.45, 7) is 1.75. The molecule has 0 aliphatic rings. The average Bonchev–Trinajstić information content (AvgIpc) is 1.94. The normalized spacial score (nSPS) is 13.1. The third-order valence-electron chi connectivity index (χ3n) is 1.47. The Labute approximate surface area is 73.5 Å². The van der Waals surface area contributed by atoms with Crippen molar-refractivity contribution in [3.63, 3.8) is 0 Å². The van der Waals surface area contributed by atoms with Gasteiger partial charge in [-0.05, 0) is 28.9 Å². The van der Waals surface area contributed by atoms with E-state index in [-0.39, 0.29) is 11.9 Å². The highest BCUT2D eigenvalue weighted by atomic mass is 79.9. The van der Waals surface area contributed by atoms with E-state index in [1.165, 1.54) is 0 Å². The zero-order chi connectivity index (χ0) is 8.43. The van der Waals surface area contributed by atoms with Crippen LogP contribution in [0.3, 0.4) is 0 Å². The largest absolute Gasteiger partial charge is 0.324 e. The van der Waals surface area contributed by atoms with E-state index in [1.54, 1.807) is 25.1 Å². The number of benzene rings is 1. The molecule has 1 rings (SSSR count). The molecule has 2 N–H and O–H groups in total.